The Morgan fingerprint density at radius 1 is 1.41 bits per heavy atom. The van der Waals surface area contributed by atoms with E-state index in [0.29, 0.717) is 6.42 Å². The molecule has 2 atom stereocenters. The highest BCUT2D eigenvalue weighted by Gasteiger charge is 2.39. The molecule has 90 valence electrons. The molecule has 0 amide bonds. The number of hydrogen-bond donors (Lipinski definition) is 1. The van der Waals surface area contributed by atoms with Crippen LogP contribution in [0.1, 0.15) is 24.9 Å². The summed E-state index contributed by atoms with van der Waals surface area (Å²) in [7, 11) is 0. The molecule has 1 aromatic carbocycles. The zero-order chi connectivity index (χ0) is 11.9. The molecule has 2 heterocycles. The van der Waals surface area contributed by atoms with Crippen LogP contribution in [0.25, 0.3) is 0 Å². The Morgan fingerprint density at radius 2 is 2.18 bits per heavy atom. The van der Waals surface area contributed by atoms with Crippen LogP contribution >= 0.6 is 11.8 Å². The van der Waals surface area contributed by atoms with Gasteiger partial charge in [0.25, 0.3) is 0 Å². The van der Waals surface area contributed by atoms with Gasteiger partial charge >= 0.3 is 0 Å². The maximum absolute atomic E-state index is 10.2. The largest absolute Gasteiger partial charge is 0.369 e. The highest BCUT2D eigenvalue weighted by atomic mass is 32.2. The summed E-state index contributed by atoms with van der Waals surface area (Å²) in [5.41, 5.74) is 0.339. The van der Waals surface area contributed by atoms with Crippen molar-refractivity contribution in [3.8, 4) is 0 Å². The fraction of sp³-hybridized carbons (Fsp3) is 0.462. The van der Waals surface area contributed by atoms with E-state index in [-0.39, 0.29) is 6.04 Å². The first-order valence-electron chi connectivity index (χ1n) is 5.92. The third-order valence-electron chi connectivity index (χ3n) is 3.29. The monoisotopic (exact) mass is 248 g/mol. The van der Waals surface area contributed by atoms with Crippen molar-refractivity contribution in [2.24, 2.45) is 4.99 Å². The Kier molecular flexibility index (Phi) is 2.64. The van der Waals surface area contributed by atoms with Crippen molar-refractivity contribution in [3.05, 3.63) is 35.9 Å². The number of rotatable bonds is 1. The molecule has 0 bridgehead atoms. The fourth-order valence-corrected chi connectivity index (χ4v) is 3.62. The van der Waals surface area contributed by atoms with E-state index in [4.69, 9.17) is 0 Å². The number of hydrogen-bond acceptors (Lipinski definition) is 4. The summed E-state index contributed by atoms with van der Waals surface area (Å²) in [4.78, 5) is 6.73. The molecular weight excluding hydrogens is 232 g/mol. The third-order valence-corrected chi connectivity index (χ3v) is 4.26. The number of fused-ring (bicyclic) bond motifs is 1. The zero-order valence-corrected chi connectivity index (χ0v) is 10.7. The molecule has 3 nitrogen and oxygen atoms in total. The number of aliphatic hydroxyl groups is 1. The SMILES string of the molecule is C[C@]1(O)C[C@H](c2ccccc2)N2CCSC2=N1. The summed E-state index contributed by atoms with van der Waals surface area (Å²) in [6, 6.07) is 10.7. The first-order chi connectivity index (χ1) is 8.16. The molecule has 1 aromatic rings. The molecule has 0 aliphatic carbocycles. The molecule has 0 saturated carbocycles. The van der Waals surface area contributed by atoms with Gasteiger partial charge in [-0.05, 0) is 12.5 Å². The van der Waals surface area contributed by atoms with Crippen molar-refractivity contribution in [1.82, 2.24) is 4.90 Å². The van der Waals surface area contributed by atoms with E-state index in [2.05, 4.69) is 34.2 Å². The van der Waals surface area contributed by atoms with Crippen LogP contribution in [0.4, 0.5) is 0 Å². The lowest BCUT2D eigenvalue weighted by Crippen LogP contribution is -2.41. The predicted molar refractivity (Wildman–Crippen MR) is 71.0 cm³/mol. The fourth-order valence-electron chi connectivity index (χ4n) is 2.50. The van der Waals surface area contributed by atoms with Crippen molar-refractivity contribution < 1.29 is 5.11 Å². The molecule has 1 saturated heterocycles. The van der Waals surface area contributed by atoms with E-state index in [1.165, 1.54) is 5.56 Å². The molecule has 0 spiro atoms. The molecule has 3 rings (SSSR count). The van der Waals surface area contributed by atoms with E-state index in [0.717, 1.165) is 17.5 Å². The van der Waals surface area contributed by atoms with Crippen LogP contribution in [0.2, 0.25) is 0 Å². The van der Waals surface area contributed by atoms with Crippen LogP contribution in [-0.2, 0) is 0 Å². The first kappa shape index (κ1) is 11.1. The highest BCUT2D eigenvalue weighted by molar-refractivity contribution is 8.14. The van der Waals surface area contributed by atoms with E-state index < -0.39 is 5.72 Å². The first-order valence-corrected chi connectivity index (χ1v) is 6.91. The molecule has 17 heavy (non-hydrogen) atoms. The summed E-state index contributed by atoms with van der Waals surface area (Å²) in [5.74, 6) is 1.07. The van der Waals surface area contributed by atoms with Crippen LogP contribution in [0, 0.1) is 0 Å². The minimum absolute atomic E-state index is 0.258. The number of amidine groups is 1. The molecule has 0 unspecified atom stereocenters. The van der Waals surface area contributed by atoms with Gasteiger partial charge in [-0.25, -0.2) is 4.99 Å². The van der Waals surface area contributed by atoms with Gasteiger partial charge < -0.3 is 10.0 Å². The van der Waals surface area contributed by atoms with Gasteiger partial charge in [-0.1, -0.05) is 42.1 Å². The zero-order valence-electron chi connectivity index (χ0n) is 9.84. The van der Waals surface area contributed by atoms with Gasteiger partial charge in [0.2, 0.25) is 0 Å². The van der Waals surface area contributed by atoms with Gasteiger partial charge in [0.05, 0.1) is 6.04 Å². The van der Waals surface area contributed by atoms with Crippen molar-refractivity contribution in [2.75, 3.05) is 12.3 Å². The van der Waals surface area contributed by atoms with Crippen LogP contribution in [-0.4, -0.2) is 33.2 Å². The molecule has 0 radical (unpaired) electrons. The number of aliphatic imine (C=N–C) groups is 1. The second-order valence-corrected chi connectivity index (χ2v) is 5.85. The summed E-state index contributed by atoms with van der Waals surface area (Å²) in [6.07, 6.45) is 0.668. The lowest BCUT2D eigenvalue weighted by atomic mass is 9.95. The molecular formula is C13H16N2OS. The molecule has 2 aliphatic rings. The van der Waals surface area contributed by atoms with Crippen LogP contribution in [0.15, 0.2) is 35.3 Å². The van der Waals surface area contributed by atoms with Gasteiger partial charge in [0.15, 0.2) is 10.9 Å². The van der Waals surface area contributed by atoms with Crippen molar-refractivity contribution in [3.63, 3.8) is 0 Å². The number of thioether (sulfide) groups is 1. The van der Waals surface area contributed by atoms with Crippen molar-refractivity contribution >= 4 is 16.9 Å². The van der Waals surface area contributed by atoms with Gasteiger partial charge in [0, 0.05) is 18.7 Å². The van der Waals surface area contributed by atoms with Crippen molar-refractivity contribution in [2.45, 2.75) is 25.1 Å². The minimum Gasteiger partial charge on any atom is -0.369 e. The Labute approximate surface area is 106 Å². The second-order valence-electron chi connectivity index (χ2n) is 4.78. The van der Waals surface area contributed by atoms with Crippen LogP contribution < -0.4 is 0 Å². The summed E-state index contributed by atoms with van der Waals surface area (Å²) in [6.45, 7) is 2.82. The van der Waals surface area contributed by atoms with Gasteiger partial charge in [-0.2, -0.15) is 0 Å². The van der Waals surface area contributed by atoms with E-state index >= 15 is 0 Å². The normalized spacial score (nSPS) is 32.2. The second kappa shape index (κ2) is 4.03. The van der Waals surface area contributed by atoms with Gasteiger partial charge in [-0.3, -0.25) is 0 Å². The van der Waals surface area contributed by atoms with E-state index in [1.54, 1.807) is 18.7 Å². The lowest BCUT2D eigenvalue weighted by Gasteiger charge is -2.38. The van der Waals surface area contributed by atoms with Crippen molar-refractivity contribution in [1.29, 1.82) is 0 Å². The summed E-state index contributed by atoms with van der Waals surface area (Å²) < 4.78 is 0. The average molecular weight is 248 g/mol. The Balaban J connectivity index is 1.98. The summed E-state index contributed by atoms with van der Waals surface area (Å²) in [5, 5.41) is 11.2. The molecule has 1 fully saturated rings. The maximum Gasteiger partial charge on any atom is 0.162 e. The van der Waals surface area contributed by atoms with E-state index in [9.17, 15) is 5.11 Å². The minimum atomic E-state index is -0.927. The number of nitrogens with zero attached hydrogens (tertiary/aromatic N) is 2. The Morgan fingerprint density at radius 3 is 2.94 bits per heavy atom. The highest BCUT2D eigenvalue weighted by Crippen LogP contribution is 2.39. The topological polar surface area (TPSA) is 35.8 Å². The predicted octanol–water partition coefficient (Wildman–Crippen LogP) is 2.24. The smallest absolute Gasteiger partial charge is 0.162 e. The molecule has 2 aliphatic heterocycles. The molecule has 1 N–H and O–H groups in total. The van der Waals surface area contributed by atoms with Gasteiger partial charge in [-0.15, -0.1) is 0 Å². The lowest BCUT2D eigenvalue weighted by molar-refractivity contribution is 0.0255. The Hall–Kier alpha value is -1.00. The van der Waals surface area contributed by atoms with Crippen LogP contribution in [0.5, 0.6) is 0 Å². The molecule has 0 aromatic heterocycles. The Bertz CT molecular complexity index is 444. The quantitative estimate of drug-likeness (QED) is 0.828. The van der Waals surface area contributed by atoms with Crippen LogP contribution in [0.3, 0.4) is 0 Å². The number of benzene rings is 1. The third kappa shape index (κ3) is 2.07. The maximum atomic E-state index is 10.2. The summed E-state index contributed by atoms with van der Waals surface area (Å²) >= 11 is 1.74. The molecule has 4 heteroatoms. The standard InChI is InChI=1S/C13H16N2OS/c1-13(16)9-11(10-5-3-2-4-6-10)15-7-8-17-12(15)14-13/h2-6,11,16H,7-9H2,1H3/t11-,13+/m1/s1. The average Bonchev–Trinajstić information content (AvgIpc) is 2.75. The van der Waals surface area contributed by atoms with Gasteiger partial charge in [0.1, 0.15) is 0 Å². The van der Waals surface area contributed by atoms with E-state index in [1.807, 2.05) is 6.07 Å².